The number of hydrogen-bond donors (Lipinski definition) is 0. The lowest BCUT2D eigenvalue weighted by Gasteiger charge is -2.28. The molecule has 0 bridgehead atoms. The van der Waals surface area contributed by atoms with Gasteiger partial charge in [-0.25, -0.2) is 12.8 Å². The van der Waals surface area contributed by atoms with Crippen molar-refractivity contribution >= 4 is 27.0 Å². The van der Waals surface area contributed by atoms with Crippen LogP contribution in [0.15, 0.2) is 94.9 Å². The van der Waals surface area contributed by atoms with E-state index in [4.69, 9.17) is 0 Å². The second kappa shape index (κ2) is 6.48. The number of fused-ring (bicyclic) bond motifs is 1. The molecule has 3 aromatic carbocycles. The van der Waals surface area contributed by atoms with Crippen molar-refractivity contribution in [2.24, 2.45) is 0 Å². The predicted molar refractivity (Wildman–Crippen MR) is 101 cm³/mol. The van der Waals surface area contributed by atoms with Crippen LogP contribution in [0.25, 0.3) is 0 Å². The molecule has 0 aliphatic carbocycles. The number of benzene rings is 3. The highest BCUT2D eigenvalue weighted by Crippen LogP contribution is 2.40. The Morgan fingerprint density at radius 1 is 0.815 bits per heavy atom. The molecule has 0 N–H and O–H groups in total. The van der Waals surface area contributed by atoms with Gasteiger partial charge in [0.05, 0.1) is 10.6 Å². The maximum atomic E-state index is 13.3. The Morgan fingerprint density at radius 2 is 1.44 bits per heavy atom. The van der Waals surface area contributed by atoms with Crippen LogP contribution < -0.4 is 4.90 Å². The minimum atomic E-state index is -3.98. The Kier molecular flexibility index (Phi) is 4.12. The molecule has 4 nitrogen and oxygen atoms in total. The number of ketones is 1. The van der Waals surface area contributed by atoms with Gasteiger partial charge >= 0.3 is 0 Å². The van der Waals surface area contributed by atoms with Gasteiger partial charge in [0.1, 0.15) is 10.7 Å². The summed E-state index contributed by atoms with van der Waals surface area (Å²) in [4.78, 5) is 14.2. The van der Waals surface area contributed by atoms with E-state index in [0.717, 1.165) is 0 Å². The van der Waals surface area contributed by atoms with E-state index in [1.165, 1.54) is 36.5 Å². The molecule has 0 spiro atoms. The van der Waals surface area contributed by atoms with Crippen LogP contribution in [0, 0.1) is 5.82 Å². The van der Waals surface area contributed by atoms with Gasteiger partial charge in [0, 0.05) is 17.5 Å². The lowest BCUT2D eigenvalue weighted by atomic mass is 10.1. The predicted octanol–water partition coefficient (Wildman–Crippen LogP) is 4.48. The molecule has 6 heteroatoms. The van der Waals surface area contributed by atoms with E-state index >= 15 is 0 Å². The van der Waals surface area contributed by atoms with Gasteiger partial charge in [-0.3, -0.25) is 4.79 Å². The molecule has 1 aliphatic heterocycles. The Balaban J connectivity index is 1.93. The van der Waals surface area contributed by atoms with Gasteiger partial charge in [0.2, 0.25) is 15.6 Å². The van der Waals surface area contributed by atoms with Crippen LogP contribution >= 0.6 is 0 Å². The van der Waals surface area contributed by atoms with E-state index in [1.54, 1.807) is 53.4 Å². The smallest absolute Gasteiger partial charge is 0.214 e. The van der Waals surface area contributed by atoms with E-state index in [0.29, 0.717) is 11.4 Å². The number of nitrogens with zero attached hydrogens (tertiary/aromatic N) is 1. The van der Waals surface area contributed by atoms with Crippen LogP contribution in [0.5, 0.6) is 0 Å². The molecule has 0 radical (unpaired) electrons. The normalized spacial score (nSPS) is 15.0. The van der Waals surface area contributed by atoms with Gasteiger partial charge in [-0.1, -0.05) is 42.5 Å². The standard InChI is InChI=1S/C21H14FNO3S/c22-16-10-12-17(13-11-16)23-14-20(21(24)15-6-2-1-3-7-15)27(25,26)19-9-5-4-8-18(19)23/h1-14H. The number of anilines is 2. The highest BCUT2D eigenvalue weighted by atomic mass is 32.2. The fourth-order valence-electron chi connectivity index (χ4n) is 2.99. The lowest BCUT2D eigenvalue weighted by Crippen LogP contribution is -2.25. The summed E-state index contributed by atoms with van der Waals surface area (Å²) in [5.74, 6) is -0.988. The largest absolute Gasteiger partial charge is 0.314 e. The number of allylic oxidation sites excluding steroid dienone is 1. The third-order valence-electron chi connectivity index (χ3n) is 4.31. The molecule has 0 saturated carbocycles. The number of hydrogen-bond acceptors (Lipinski definition) is 4. The first-order valence-electron chi connectivity index (χ1n) is 8.19. The lowest BCUT2D eigenvalue weighted by molar-refractivity contribution is 0.104. The highest BCUT2D eigenvalue weighted by Gasteiger charge is 2.35. The van der Waals surface area contributed by atoms with E-state index in [2.05, 4.69) is 0 Å². The van der Waals surface area contributed by atoms with E-state index in [1.807, 2.05) is 0 Å². The summed E-state index contributed by atoms with van der Waals surface area (Å²) >= 11 is 0. The molecule has 134 valence electrons. The number of Topliss-reactive ketones (excluding diaryl/α,β-unsaturated/α-hetero) is 1. The average molecular weight is 379 g/mol. The van der Waals surface area contributed by atoms with Gasteiger partial charge in [-0.2, -0.15) is 0 Å². The van der Waals surface area contributed by atoms with Crippen molar-refractivity contribution in [2.45, 2.75) is 4.90 Å². The number of carbonyl (C=O) groups excluding carboxylic acids is 1. The maximum absolute atomic E-state index is 13.3. The molecule has 3 aromatic rings. The maximum Gasteiger partial charge on any atom is 0.214 e. The summed E-state index contributed by atoms with van der Waals surface area (Å²) in [5.41, 5.74) is 1.25. The third-order valence-corrected chi connectivity index (χ3v) is 6.11. The fourth-order valence-corrected chi connectivity index (χ4v) is 4.53. The topological polar surface area (TPSA) is 54.5 Å². The SMILES string of the molecule is O=C(C1=CN(c2ccc(F)cc2)c2ccccc2S1(=O)=O)c1ccccc1. The Labute approximate surface area is 156 Å². The molecule has 0 aromatic heterocycles. The van der Waals surface area contributed by atoms with E-state index < -0.39 is 21.4 Å². The van der Waals surface area contributed by atoms with Crippen LogP contribution in [-0.2, 0) is 9.84 Å². The minimum absolute atomic E-state index is 0.0381. The van der Waals surface area contributed by atoms with Crippen molar-refractivity contribution in [1.29, 1.82) is 0 Å². The van der Waals surface area contributed by atoms with Gasteiger partial charge < -0.3 is 4.90 Å². The van der Waals surface area contributed by atoms with Crippen LogP contribution in [-0.4, -0.2) is 14.2 Å². The zero-order valence-corrected chi connectivity index (χ0v) is 14.9. The Morgan fingerprint density at radius 3 is 2.15 bits per heavy atom. The van der Waals surface area contributed by atoms with Crippen LogP contribution in [0.4, 0.5) is 15.8 Å². The van der Waals surface area contributed by atoms with Gasteiger partial charge in [0.15, 0.2) is 0 Å². The molecular weight excluding hydrogens is 365 g/mol. The van der Waals surface area contributed by atoms with Gasteiger partial charge in [-0.15, -0.1) is 0 Å². The third kappa shape index (κ3) is 2.94. The molecule has 0 amide bonds. The summed E-state index contributed by atoms with van der Waals surface area (Å²) in [6.45, 7) is 0. The Bertz CT molecular complexity index is 1150. The number of para-hydroxylation sites is 1. The summed E-state index contributed by atoms with van der Waals surface area (Å²) in [7, 11) is -3.98. The van der Waals surface area contributed by atoms with Crippen molar-refractivity contribution < 1.29 is 17.6 Å². The first kappa shape index (κ1) is 17.2. The van der Waals surface area contributed by atoms with Crippen molar-refractivity contribution in [3.8, 4) is 0 Å². The summed E-state index contributed by atoms with van der Waals surface area (Å²) in [6.07, 6.45) is 1.31. The quantitative estimate of drug-likeness (QED) is 0.630. The van der Waals surface area contributed by atoms with Crippen LogP contribution in [0.2, 0.25) is 0 Å². The molecule has 1 aliphatic rings. The molecule has 4 rings (SSSR count). The molecule has 0 saturated heterocycles. The summed E-state index contributed by atoms with van der Waals surface area (Å²) < 4.78 is 39.5. The van der Waals surface area contributed by atoms with Gasteiger partial charge in [-0.05, 0) is 36.4 Å². The molecular formula is C21H14FNO3S. The molecule has 1 heterocycles. The minimum Gasteiger partial charge on any atom is -0.314 e. The molecule has 27 heavy (non-hydrogen) atoms. The van der Waals surface area contributed by atoms with Gasteiger partial charge in [0.25, 0.3) is 0 Å². The van der Waals surface area contributed by atoms with Crippen molar-refractivity contribution in [3.05, 3.63) is 101 Å². The highest BCUT2D eigenvalue weighted by molar-refractivity contribution is 7.96. The zero-order chi connectivity index (χ0) is 19.0. The van der Waals surface area contributed by atoms with E-state index in [9.17, 15) is 17.6 Å². The summed E-state index contributed by atoms with van der Waals surface area (Å²) in [5, 5.41) is 0. The fraction of sp³-hybridized carbons (Fsp3) is 0. The number of halogens is 1. The second-order valence-corrected chi connectivity index (χ2v) is 7.89. The van der Waals surface area contributed by atoms with E-state index in [-0.39, 0.29) is 15.4 Å². The monoisotopic (exact) mass is 379 g/mol. The second-order valence-electron chi connectivity index (χ2n) is 6.01. The van der Waals surface area contributed by atoms with Crippen molar-refractivity contribution in [3.63, 3.8) is 0 Å². The molecule has 0 unspecified atom stereocenters. The van der Waals surface area contributed by atoms with Crippen LogP contribution in [0.3, 0.4) is 0 Å². The molecule has 0 fully saturated rings. The number of rotatable bonds is 3. The Hall–Kier alpha value is -3.25. The van der Waals surface area contributed by atoms with Crippen molar-refractivity contribution in [2.75, 3.05) is 4.90 Å². The number of sulfone groups is 1. The first-order chi connectivity index (χ1) is 13.0. The first-order valence-corrected chi connectivity index (χ1v) is 9.67. The molecule has 0 atom stereocenters. The number of carbonyl (C=O) groups is 1. The van der Waals surface area contributed by atoms with Crippen molar-refractivity contribution in [1.82, 2.24) is 0 Å². The summed E-state index contributed by atoms with van der Waals surface area (Å²) in [6, 6.07) is 20.3. The average Bonchev–Trinajstić information content (AvgIpc) is 2.69. The van der Waals surface area contributed by atoms with Crippen LogP contribution in [0.1, 0.15) is 10.4 Å². The zero-order valence-electron chi connectivity index (χ0n) is 14.0.